The molecule has 0 aromatic heterocycles. The number of hydrogen-bond donors (Lipinski definition) is 2. The Hall–Kier alpha value is -1.06. The van der Waals surface area contributed by atoms with Crippen LogP contribution in [0.15, 0.2) is 24.3 Å². The van der Waals surface area contributed by atoms with Gasteiger partial charge in [-0.25, -0.2) is 0 Å². The Morgan fingerprint density at radius 3 is 3.00 bits per heavy atom. The van der Waals surface area contributed by atoms with Crippen LogP contribution in [0.3, 0.4) is 0 Å². The average Bonchev–Trinajstić information content (AvgIpc) is 2.41. The molecule has 0 amide bonds. The van der Waals surface area contributed by atoms with Gasteiger partial charge in [0.1, 0.15) is 0 Å². The molecule has 1 aliphatic rings. The number of benzene rings is 1. The third-order valence-corrected chi connectivity index (χ3v) is 4.13. The molecule has 1 fully saturated rings. The number of aliphatic hydroxyl groups is 1. The fraction of sp³-hybridized carbons (Fsp3) is 0.625. The molecule has 0 spiro atoms. The molecule has 1 aliphatic heterocycles. The van der Waals surface area contributed by atoms with E-state index in [1.165, 1.54) is 30.6 Å². The monoisotopic (exact) mass is 262 g/mol. The van der Waals surface area contributed by atoms with E-state index in [-0.39, 0.29) is 6.61 Å². The first-order valence-corrected chi connectivity index (χ1v) is 7.35. The predicted octanol–water partition coefficient (Wildman–Crippen LogP) is 2.51. The summed E-state index contributed by atoms with van der Waals surface area (Å²) in [5, 5.41) is 12.6. The third kappa shape index (κ3) is 4.22. The summed E-state index contributed by atoms with van der Waals surface area (Å²) in [6.07, 6.45) is 4.21. The zero-order chi connectivity index (χ0) is 13.7. The highest BCUT2D eigenvalue weighted by Crippen LogP contribution is 2.20. The third-order valence-electron chi connectivity index (χ3n) is 4.13. The molecule has 2 rings (SSSR count). The summed E-state index contributed by atoms with van der Waals surface area (Å²) in [7, 11) is 2.20. The molecule has 3 nitrogen and oxygen atoms in total. The lowest BCUT2D eigenvalue weighted by atomic mass is 9.98. The van der Waals surface area contributed by atoms with Gasteiger partial charge in [-0.3, -0.25) is 0 Å². The first-order valence-electron chi connectivity index (χ1n) is 7.35. The van der Waals surface area contributed by atoms with Crippen molar-refractivity contribution in [3.63, 3.8) is 0 Å². The second-order valence-corrected chi connectivity index (χ2v) is 5.72. The van der Waals surface area contributed by atoms with Crippen LogP contribution in [0.1, 0.15) is 31.7 Å². The van der Waals surface area contributed by atoms with Gasteiger partial charge in [-0.15, -0.1) is 0 Å². The maximum Gasteiger partial charge on any atom is 0.0434 e. The van der Waals surface area contributed by atoms with Crippen LogP contribution < -0.4 is 5.32 Å². The van der Waals surface area contributed by atoms with Crippen LogP contribution in [0.25, 0.3) is 0 Å². The first kappa shape index (κ1) is 14.4. The van der Waals surface area contributed by atoms with Gasteiger partial charge in [-0.05, 0) is 57.4 Å². The lowest BCUT2D eigenvalue weighted by molar-refractivity contribution is 0.190. The smallest absolute Gasteiger partial charge is 0.0434 e. The van der Waals surface area contributed by atoms with Gasteiger partial charge in [0.05, 0.1) is 0 Å². The first-order chi connectivity index (χ1) is 9.19. The minimum absolute atomic E-state index is 0.268. The largest absolute Gasteiger partial charge is 0.396 e. The number of likely N-dealkylation sites (tertiary alicyclic amines) is 1. The number of rotatable bonds is 5. The summed E-state index contributed by atoms with van der Waals surface area (Å²) in [6, 6.07) is 9.85. The number of aryl methyl sites for hydroxylation is 1. The standard InChI is InChI=1S/C16H26N2O/c1-13-11-16(8-9-18(13)2)17-15-7-3-5-14(12-15)6-4-10-19/h3,5,7,12-13,16-17,19H,4,6,8-11H2,1-2H3. The van der Waals surface area contributed by atoms with E-state index >= 15 is 0 Å². The maximum atomic E-state index is 8.89. The van der Waals surface area contributed by atoms with E-state index in [0.717, 1.165) is 12.8 Å². The second-order valence-electron chi connectivity index (χ2n) is 5.72. The fourth-order valence-electron chi connectivity index (χ4n) is 2.76. The van der Waals surface area contributed by atoms with E-state index < -0.39 is 0 Å². The number of aliphatic hydroxyl groups excluding tert-OH is 1. The fourth-order valence-corrected chi connectivity index (χ4v) is 2.76. The van der Waals surface area contributed by atoms with Crippen molar-refractivity contribution in [3.05, 3.63) is 29.8 Å². The summed E-state index contributed by atoms with van der Waals surface area (Å²) >= 11 is 0. The van der Waals surface area contributed by atoms with Crippen LogP contribution in [0, 0.1) is 0 Å². The molecular formula is C16H26N2O. The van der Waals surface area contributed by atoms with Crippen molar-refractivity contribution in [2.45, 2.75) is 44.7 Å². The van der Waals surface area contributed by atoms with Crippen LogP contribution in [0.4, 0.5) is 5.69 Å². The van der Waals surface area contributed by atoms with Gasteiger partial charge in [-0.1, -0.05) is 12.1 Å². The highest BCUT2D eigenvalue weighted by molar-refractivity contribution is 5.46. The molecule has 1 saturated heterocycles. The second kappa shape index (κ2) is 6.92. The van der Waals surface area contributed by atoms with Gasteiger partial charge in [0.15, 0.2) is 0 Å². The molecule has 0 saturated carbocycles. The summed E-state index contributed by atoms with van der Waals surface area (Å²) < 4.78 is 0. The van der Waals surface area contributed by atoms with Crippen LogP contribution in [-0.4, -0.2) is 42.3 Å². The molecule has 1 aromatic carbocycles. The summed E-state index contributed by atoms with van der Waals surface area (Å²) in [6.45, 7) is 3.73. The number of piperidine rings is 1. The Kier molecular flexibility index (Phi) is 5.23. The Labute approximate surface area is 116 Å². The molecule has 1 aromatic rings. The van der Waals surface area contributed by atoms with E-state index in [4.69, 9.17) is 5.11 Å². The van der Waals surface area contributed by atoms with E-state index in [0.29, 0.717) is 12.1 Å². The molecule has 1 heterocycles. The van der Waals surface area contributed by atoms with Gasteiger partial charge < -0.3 is 15.3 Å². The molecule has 2 unspecified atom stereocenters. The summed E-state index contributed by atoms with van der Waals surface area (Å²) in [5.41, 5.74) is 2.53. The van der Waals surface area contributed by atoms with Gasteiger partial charge in [0.2, 0.25) is 0 Å². The molecule has 2 atom stereocenters. The normalized spacial score (nSPS) is 24.4. The van der Waals surface area contributed by atoms with Gasteiger partial charge >= 0.3 is 0 Å². The Bertz CT molecular complexity index is 394. The zero-order valence-electron chi connectivity index (χ0n) is 12.1. The molecule has 0 radical (unpaired) electrons. The van der Waals surface area contributed by atoms with Crippen molar-refractivity contribution in [1.29, 1.82) is 0 Å². The molecule has 2 N–H and O–H groups in total. The SMILES string of the molecule is CC1CC(Nc2cccc(CCCO)c2)CCN1C. The average molecular weight is 262 g/mol. The van der Waals surface area contributed by atoms with Crippen molar-refractivity contribution < 1.29 is 5.11 Å². The van der Waals surface area contributed by atoms with Crippen molar-refractivity contribution in [2.24, 2.45) is 0 Å². The lowest BCUT2D eigenvalue weighted by Gasteiger charge is -2.35. The number of anilines is 1. The van der Waals surface area contributed by atoms with Gasteiger partial charge in [0.25, 0.3) is 0 Å². The minimum atomic E-state index is 0.268. The van der Waals surface area contributed by atoms with E-state index in [1.54, 1.807) is 0 Å². The zero-order valence-corrected chi connectivity index (χ0v) is 12.1. The van der Waals surface area contributed by atoms with Crippen LogP contribution in [-0.2, 0) is 6.42 Å². The molecule has 0 bridgehead atoms. The molecule has 19 heavy (non-hydrogen) atoms. The molecule has 106 valence electrons. The van der Waals surface area contributed by atoms with Crippen molar-refractivity contribution in [1.82, 2.24) is 4.90 Å². The van der Waals surface area contributed by atoms with Crippen LogP contribution in [0.2, 0.25) is 0 Å². The molecular weight excluding hydrogens is 236 g/mol. The van der Waals surface area contributed by atoms with Gasteiger partial charge in [0, 0.05) is 30.9 Å². The van der Waals surface area contributed by atoms with E-state index in [2.05, 4.69) is 48.5 Å². The Balaban J connectivity index is 1.91. The van der Waals surface area contributed by atoms with E-state index in [1.807, 2.05) is 0 Å². The number of nitrogens with one attached hydrogen (secondary N) is 1. The summed E-state index contributed by atoms with van der Waals surface area (Å²) in [4.78, 5) is 2.43. The quantitative estimate of drug-likeness (QED) is 0.856. The van der Waals surface area contributed by atoms with Crippen molar-refractivity contribution in [2.75, 3.05) is 25.5 Å². The molecule has 0 aliphatic carbocycles. The van der Waals surface area contributed by atoms with Crippen LogP contribution >= 0.6 is 0 Å². The van der Waals surface area contributed by atoms with Crippen molar-refractivity contribution in [3.8, 4) is 0 Å². The number of nitrogens with zero attached hydrogens (tertiary/aromatic N) is 1. The van der Waals surface area contributed by atoms with Crippen molar-refractivity contribution >= 4 is 5.69 Å². The summed E-state index contributed by atoms with van der Waals surface area (Å²) in [5.74, 6) is 0. The Morgan fingerprint density at radius 1 is 1.42 bits per heavy atom. The van der Waals surface area contributed by atoms with Crippen LogP contribution in [0.5, 0.6) is 0 Å². The Morgan fingerprint density at radius 2 is 2.26 bits per heavy atom. The predicted molar refractivity (Wildman–Crippen MR) is 80.6 cm³/mol. The highest BCUT2D eigenvalue weighted by Gasteiger charge is 2.22. The minimum Gasteiger partial charge on any atom is -0.396 e. The lowest BCUT2D eigenvalue weighted by Crippen LogP contribution is -2.42. The molecule has 3 heteroatoms. The topological polar surface area (TPSA) is 35.5 Å². The maximum absolute atomic E-state index is 8.89. The van der Waals surface area contributed by atoms with E-state index in [9.17, 15) is 0 Å². The van der Waals surface area contributed by atoms with Gasteiger partial charge in [-0.2, -0.15) is 0 Å². The highest BCUT2D eigenvalue weighted by atomic mass is 16.2. The number of hydrogen-bond acceptors (Lipinski definition) is 3.